The molecule has 18 heavy (non-hydrogen) atoms. The van der Waals surface area contributed by atoms with Crippen molar-refractivity contribution < 1.29 is 5.11 Å². The SMILES string of the molecule is OC1CCC2CN(c3nccn4nccc34)CC12. The molecule has 1 aliphatic carbocycles. The van der Waals surface area contributed by atoms with Gasteiger partial charge in [-0.15, -0.1) is 0 Å². The highest BCUT2D eigenvalue weighted by Gasteiger charge is 2.42. The average molecular weight is 244 g/mol. The quantitative estimate of drug-likeness (QED) is 0.811. The number of aromatic nitrogens is 3. The van der Waals surface area contributed by atoms with Gasteiger partial charge in [0.1, 0.15) is 5.52 Å². The molecule has 2 aromatic heterocycles. The van der Waals surface area contributed by atoms with E-state index in [0.29, 0.717) is 11.8 Å². The molecular weight excluding hydrogens is 228 g/mol. The third-order valence-corrected chi connectivity index (χ3v) is 4.42. The van der Waals surface area contributed by atoms with Crippen molar-refractivity contribution in [3.63, 3.8) is 0 Å². The first-order valence-electron chi connectivity index (χ1n) is 6.54. The third kappa shape index (κ3) is 1.37. The minimum absolute atomic E-state index is 0.121. The fraction of sp³-hybridized carbons (Fsp3) is 0.538. The number of fused-ring (bicyclic) bond motifs is 2. The van der Waals surface area contributed by atoms with E-state index >= 15 is 0 Å². The molecule has 1 aliphatic heterocycles. The highest BCUT2D eigenvalue weighted by molar-refractivity contribution is 5.68. The summed E-state index contributed by atoms with van der Waals surface area (Å²) in [7, 11) is 0. The van der Waals surface area contributed by atoms with Crippen molar-refractivity contribution in [2.24, 2.45) is 11.8 Å². The number of hydrogen-bond acceptors (Lipinski definition) is 4. The number of aliphatic hydroxyl groups is 1. The fourth-order valence-corrected chi connectivity index (χ4v) is 3.50. The zero-order valence-electron chi connectivity index (χ0n) is 10.1. The first kappa shape index (κ1) is 10.3. The zero-order chi connectivity index (χ0) is 12.1. The molecule has 0 radical (unpaired) electrons. The van der Waals surface area contributed by atoms with Gasteiger partial charge in [0.05, 0.1) is 12.3 Å². The Balaban J connectivity index is 1.70. The molecular formula is C13H16N4O. The second kappa shape index (κ2) is 3.68. The van der Waals surface area contributed by atoms with Gasteiger partial charge in [-0.3, -0.25) is 0 Å². The van der Waals surface area contributed by atoms with Crippen LogP contribution in [0.3, 0.4) is 0 Å². The maximum Gasteiger partial charge on any atom is 0.154 e. The Morgan fingerprint density at radius 2 is 2.17 bits per heavy atom. The lowest BCUT2D eigenvalue weighted by Crippen LogP contribution is -2.25. The van der Waals surface area contributed by atoms with E-state index in [1.165, 1.54) is 0 Å². The van der Waals surface area contributed by atoms with E-state index in [2.05, 4.69) is 15.0 Å². The van der Waals surface area contributed by atoms with Gasteiger partial charge < -0.3 is 10.0 Å². The van der Waals surface area contributed by atoms with Crippen LogP contribution in [-0.2, 0) is 0 Å². The first-order valence-corrected chi connectivity index (χ1v) is 6.54. The summed E-state index contributed by atoms with van der Waals surface area (Å²) < 4.78 is 1.85. The molecule has 0 aromatic carbocycles. The molecule has 0 spiro atoms. The van der Waals surface area contributed by atoms with Gasteiger partial charge in [0.25, 0.3) is 0 Å². The minimum atomic E-state index is -0.121. The van der Waals surface area contributed by atoms with Crippen molar-refractivity contribution in [2.75, 3.05) is 18.0 Å². The number of nitrogens with zero attached hydrogens (tertiary/aromatic N) is 4. The molecule has 0 bridgehead atoms. The van der Waals surface area contributed by atoms with Crippen LogP contribution in [0.25, 0.3) is 5.52 Å². The van der Waals surface area contributed by atoms with Crippen LogP contribution in [0.2, 0.25) is 0 Å². The van der Waals surface area contributed by atoms with Gasteiger partial charge in [-0.1, -0.05) is 0 Å². The van der Waals surface area contributed by atoms with Gasteiger partial charge in [0.2, 0.25) is 0 Å². The highest BCUT2D eigenvalue weighted by Crippen LogP contribution is 2.40. The molecule has 5 nitrogen and oxygen atoms in total. The van der Waals surface area contributed by atoms with E-state index < -0.39 is 0 Å². The normalized spacial score (nSPS) is 31.2. The maximum absolute atomic E-state index is 9.97. The molecule has 3 atom stereocenters. The number of hydrogen-bond donors (Lipinski definition) is 1. The number of rotatable bonds is 1. The van der Waals surface area contributed by atoms with Crippen LogP contribution >= 0.6 is 0 Å². The zero-order valence-corrected chi connectivity index (χ0v) is 10.1. The summed E-state index contributed by atoms with van der Waals surface area (Å²) in [6.07, 6.45) is 7.44. The summed E-state index contributed by atoms with van der Waals surface area (Å²) in [5, 5.41) is 14.2. The molecule has 94 valence electrons. The lowest BCUT2D eigenvalue weighted by Gasteiger charge is -2.19. The fourth-order valence-electron chi connectivity index (χ4n) is 3.50. The van der Waals surface area contributed by atoms with Gasteiger partial charge in [-0.2, -0.15) is 5.10 Å². The summed E-state index contributed by atoms with van der Waals surface area (Å²) in [6.45, 7) is 1.93. The van der Waals surface area contributed by atoms with Crippen LogP contribution in [0.5, 0.6) is 0 Å². The summed E-state index contributed by atoms with van der Waals surface area (Å²) in [6, 6.07) is 1.99. The predicted octanol–water partition coefficient (Wildman–Crippen LogP) is 0.936. The van der Waals surface area contributed by atoms with E-state index in [0.717, 1.165) is 37.3 Å². The standard InChI is InChI=1S/C13H16N4O/c18-12-2-1-9-7-16(8-10(9)12)13-11-3-4-15-17(11)6-5-14-13/h3-6,9-10,12,18H,1-2,7-8H2. The molecule has 5 heteroatoms. The van der Waals surface area contributed by atoms with Crippen molar-refractivity contribution in [3.8, 4) is 0 Å². The number of aliphatic hydroxyl groups excluding tert-OH is 1. The maximum atomic E-state index is 9.97. The van der Waals surface area contributed by atoms with Crippen molar-refractivity contribution in [1.82, 2.24) is 14.6 Å². The monoisotopic (exact) mass is 244 g/mol. The molecule has 1 saturated heterocycles. The molecule has 1 N–H and O–H groups in total. The van der Waals surface area contributed by atoms with Crippen molar-refractivity contribution in [1.29, 1.82) is 0 Å². The molecule has 4 rings (SSSR count). The predicted molar refractivity (Wildman–Crippen MR) is 67.4 cm³/mol. The Morgan fingerprint density at radius 3 is 3.06 bits per heavy atom. The minimum Gasteiger partial charge on any atom is -0.393 e. The van der Waals surface area contributed by atoms with Gasteiger partial charge >= 0.3 is 0 Å². The molecule has 2 fully saturated rings. The Kier molecular flexibility index (Phi) is 2.11. The van der Waals surface area contributed by atoms with Gasteiger partial charge in [0.15, 0.2) is 5.82 Å². The summed E-state index contributed by atoms with van der Waals surface area (Å²) in [5.41, 5.74) is 1.05. The van der Waals surface area contributed by atoms with Crippen LogP contribution in [-0.4, -0.2) is 38.9 Å². The smallest absolute Gasteiger partial charge is 0.154 e. The Labute approximate surface area is 105 Å². The van der Waals surface area contributed by atoms with E-state index in [1.807, 2.05) is 16.8 Å². The average Bonchev–Trinajstić information content (AvgIpc) is 3.06. The molecule has 0 amide bonds. The summed E-state index contributed by atoms with van der Waals surface area (Å²) >= 11 is 0. The van der Waals surface area contributed by atoms with Gasteiger partial charge in [0, 0.05) is 31.4 Å². The second-order valence-electron chi connectivity index (χ2n) is 5.39. The molecule has 3 heterocycles. The van der Waals surface area contributed by atoms with Crippen LogP contribution in [0, 0.1) is 11.8 Å². The second-order valence-corrected chi connectivity index (χ2v) is 5.39. The lowest BCUT2D eigenvalue weighted by atomic mass is 10.00. The lowest BCUT2D eigenvalue weighted by molar-refractivity contribution is 0.133. The molecule has 2 aromatic rings. The van der Waals surface area contributed by atoms with E-state index in [-0.39, 0.29) is 6.10 Å². The topological polar surface area (TPSA) is 53.7 Å². The van der Waals surface area contributed by atoms with E-state index in [9.17, 15) is 5.11 Å². The molecule has 1 saturated carbocycles. The van der Waals surface area contributed by atoms with Crippen LogP contribution in [0.15, 0.2) is 24.7 Å². The Bertz CT molecular complexity index is 581. The van der Waals surface area contributed by atoms with Crippen molar-refractivity contribution in [3.05, 3.63) is 24.7 Å². The van der Waals surface area contributed by atoms with Crippen molar-refractivity contribution in [2.45, 2.75) is 18.9 Å². The Hall–Kier alpha value is -1.62. The highest BCUT2D eigenvalue weighted by atomic mass is 16.3. The van der Waals surface area contributed by atoms with Crippen LogP contribution in [0.1, 0.15) is 12.8 Å². The molecule has 3 unspecified atom stereocenters. The van der Waals surface area contributed by atoms with E-state index in [4.69, 9.17) is 0 Å². The van der Waals surface area contributed by atoms with Crippen molar-refractivity contribution >= 4 is 11.3 Å². The Morgan fingerprint density at radius 1 is 1.22 bits per heavy atom. The summed E-state index contributed by atoms with van der Waals surface area (Å²) in [4.78, 5) is 6.80. The summed E-state index contributed by atoms with van der Waals surface area (Å²) in [5.74, 6) is 2.05. The molecule has 2 aliphatic rings. The number of anilines is 1. The van der Waals surface area contributed by atoms with Gasteiger partial charge in [-0.05, 0) is 24.8 Å². The largest absolute Gasteiger partial charge is 0.393 e. The third-order valence-electron chi connectivity index (χ3n) is 4.42. The first-order chi connectivity index (χ1) is 8.83. The van der Waals surface area contributed by atoms with Crippen LogP contribution < -0.4 is 4.90 Å². The van der Waals surface area contributed by atoms with Gasteiger partial charge in [-0.25, -0.2) is 9.50 Å². The van der Waals surface area contributed by atoms with E-state index in [1.54, 1.807) is 12.4 Å². The van der Waals surface area contributed by atoms with Crippen LogP contribution in [0.4, 0.5) is 5.82 Å².